The lowest BCUT2D eigenvalue weighted by Crippen LogP contribution is -2.38. The summed E-state index contributed by atoms with van der Waals surface area (Å²) in [6, 6.07) is 7.27. The Kier molecular flexibility index (Phi) is 6.25. The predicted molar refractivity (Wildman–Crippen MR) is 85.0 cm³/mol. The van der Waals surface area contributed by atoms with Gasteiger partial charge >= 0.3 is 0 Å². The van der Waals surface area contributed by atoms with Crippen molar-refractivity contribution in [1.29, 1.82) is 0 Å². The summed E-state index contributed by atoms with van der Waals surface area (Å²) in [5.41, 5.74) is 0.534. The number of ether oxygens (including phenoxy) is 1. The van der Waals surface area contributed by atoms with E-state index in [1.165, 1.54) is 19.3 Å². The highest BCUT2D eigenvalue weighted by Gasteiger charge is 2.15. The summed E-state index contributed by atoms with van der Waals surface area (Å²) >= 11 is 0. The third kappa shape index (κ3) is 5.06. The normalized spacial score (nSPS) is 15.1. The zero-order valence-electron chi connectivity index (χ0n) is 13.1. The van der Waals surface area contributed by atoms with Gasteiger partial charge in [0.25, 0.3) is 5.91 Å². The Hall–Kier alpha value is -2.04. The Morgan fingerprint density at radius 1 is 1.23 bits per heavy atom. The molecule has 1 saturated carbocycles. The molecule has 0 radical (unpaired) electrons. The molecule has 0 atom stereocenters. The van der Waals surface area contributed by atoms with Crippen molar-refractivity contribution in [2.75, 3.05) is 13.7 Å². The number of benzene rings is 1. The van der Waals surface area contributed by atoms with Gasteiger partial charge in [0.2, 0.25) is 5.91 Å². The second-order valence-electron chi connectivity index (χ2n) is 5.64. The van der Waals surface area contributed by atoms with Crippen LogP contribution < -0.4 is 15.4 Å². The maximum Gasteiger partial charge on any atom is 0.251 e. The van der Waals surface area contributed by atoms with Gasteiger partial charge in [0, 0.05) is 24.6 Å². The van der Waals surface area contributed by atoms with Gasteiger partial charge in [0.1, 0.15) is 5.75 Å². The van der Waals surface area contributed by atoms with Gasteiger partial charge in [-0.15, -0.1) is 0 Å². The minimum Gasteiger partial charge on any atom is -0.497 e. The van der Waals surface area contributed by atoms with E-state index in [2.05, 4.69) is 10.6 Å². The van der Waals surface area contributed by atoms with Gasteiger partial charge in [-0.05, 0) is 31.0 Å². The maximum atomic E-state index is 12.0. The highest BCUT2D eigenvalue weighted by molar-refractivity contribution is 5.94. The molecule has 0 bridgehead atoms. The SMILES string of the molecule is COc1cccc(C(=O)NCCC(=O)NC2CCCCC2)c1. The minimum absolute atomic E-state index is 0.0119. The number of rotatable bonds is 6. The van der Waals surface area contributed by atoms with Gasteiger partial charge < -0.3 is 15.4 Å². The topological polar surface area (TPSA) is 67.4 Å². The van der Waals surface area contributed by atoms with Crippen molar-refractivity contribution in [2.45, 2.75) is 44.6 Å². The molecule has 2 amide bonds. The molecule has 2 rings (SSSR count). The van der Waals surface area contributed by atoms with Crippen molar-refractivity contribution >= 4 is 11.8 Å². The molecular formula is C17H24N2O3. The molecule has 0 heterocycles. The molecule has 0 aromatic heterocycles. The average molecular weight is 304 g/mol. The molecule has 1 aliphatic carbocycles. The van der Waals surface area contributed by atoms with Gasteiger partial charge in [-0.1, -0.05) is 25.3 Å². The molecule has 0 unspecified atom stereocenters. The van der Waals surface area contributed by atoms with Crippen LogP contribution in [0.3, 0.4) is 0 Å². The van der Waals surface area contributed by atoms with Gasteiger partial charge in [0.05, 0.1) is 7.11 Å². The summed E-state index contributed by atoms with van der Waals surface area (Å²) in [7, 11) is 1.56. The Labute approximate surface area is 131 Å². The summed E-state index contributed by atoms with van der Waals surface area (Å²) < 4.78 is 5.09. The maximum absolute atomic E-state index is 12.0. The summed E-state index contributed by atoms with van der Waals surface area (Å²) in [6.45, 7) is 0.342. The number of carbonyl (C=O) groups is 2. The van der Waals surface area contributed by atoms with E-state index in [4.69, 9.17) is 4.74 Å². The number of hydrogen-bond donors (Lipinski definition) is 2. The summed E-state index contributed by atoms with van der Waals surface area (Å²) in [5, 5.41) is 5.80. The van der Waals surface area contributed by atoms with Crippen LogP contribution >= 0.6 is 0 Å². The van der Waals surface area contributed by atoms with Crippen LogP contribution in [0.15, 0.2) is 24.3 Å². The second kappa shape index (κ2) is 8.41. The predicted octanol–water partition coefficient (Wildman–Crippen LogP) is 2.26. The molecule has 1 aliphatic rings. The molecule has 22 heavy (non-hydrogen) atoms. The Bertz CT molecular complexity index is 510. The zero-order valence-corrected chi connectivity index (χ0v) is 13.1. The average Bonchev–Trinajstić information content (AvgIpc) is 2.55. The Morgan fingerprint density at radius 3 is 2.73 bits per heavy atom. The number of methoxy groups -OCH3 is 1. The van der Waals surface area contributed by atoms with Gasteiger partial charge in [-0.25, -0.2) is 0 Å². The fraction of sp³-hybridized carbons (Fsp3) is 0.529. The first-order valence-corrected chi connectivity index (χ1v) is 7.90. The van der Waals surface area contributed by atoms with Crippen LogP contribution in [0.2, 0.25) is 0 Å². The molecule has 1 aromatic carbocycles. The van der Waals surface area contributed by atoms with Gasteiger partial charge in [-0.2, -0.15) is 0 Å². The number of carbonyl (C=O) groups excluding carboxylic acids is 2. The smallest absolute Gasteiger partial charge is 0.251 e. The van der Waals surface area contributed by atoms with Crippen LogP contribution in [0.25, 0.3) is 0 Å². The number of hydrogen-bond acceptors (Lipinski definition) is 3. The van der Waals surface area contributed by atoms with E-state index in [0.717, 1.165) is 12.8 Å². The number of nitrogens with one attached hydrogen (secondary N) is 2. The molecule has 120 valence electrons. The molecule has 1 fully saturated rings. The Balaban J connectivity index is 1.70. The van der Waals surface area contributed by atoms with Crippen LogP contribution in [0, 0.1) is 0 Å². The zero-order chi connectivity index (χ0) is 15.8. The quantitative estimate of drug-likeness (QED) is 0.847. The van der Waals surface area contributed by atoms with Crippen LogP contribution in [0.1, 0.15) is 48.9 Å². The fourth-order valence-corrected chi connectivity index (χ4v) is 2.70. The molecular weight excluding hydrogens is 280 g/mol. The van der Waals surface area contributed by atoms with E-state index in [1.807, 2.05) is 0 Å². The van der Waals surface area contributed by atoms with Crippen molar-refractivity contribution in [2.24, 2.45) is 0 Å². The van der Waals surface area contributed by atoms with Crippen molar-refractivity contribution in [1.82, 2.24) is 10.6 Å². The first-order valence-electron chi connectivity index (χ1n) is 7.90. The molecule has 5 nitrogen and oxygen atoms in total. The van der Waals surface area contributed by atoms with Crippen molar-refractivity contribution < 1.29 is 14.3 Å². The van der Waals surface area contributed by atoms with Crippen LogP contribution in [-0.2, 0) is 4.79 Å². The monoisotopic (exact) mass is 304 g/mol. The second-order valence-corrected chi connectivity index (χ2v) is 5.64. The van der Waals surface area contributed by atoms with E-state index in [1.54, 1.807) is 31.4 Å². The molecule has 1 aromatic rings. The van der Waals surface area contributed by atoms with E-state index in [0.29, 0.717) is 30.3 Å². The van der Waals surface area contributed by atoms with Crippen LogP contribution in [-0.4, -0.2) is 31.5 Å². The summed E-state index contributed by atoms with van der Waals surface area (Å²) in [6.07, 6.45) is 6.11. The highest BCUT2D eigenvalue weighted by atomic mass is 16.5. The molecule has 0 aliphatic heterocycles. The standard InChI is InChI=1S/C17H24N2O3/c1-22-15-9-5-6-13(12-15)17(21)18-11-10-16(20)19-14-7-3-2-4-8-14/h5-6,9,12,14H,2-4,7-8,10-11H2,1H3,(H,18,21)(H,19,20). The van der Waals surface area contributed by atoms with E-state index in [9.17, 15) is 9.59 Å². The third-order valence-corrected chi connectivity index (χ3v) is 3.94. The lowest BCUT2D eigenvalue weighted by Gasteiger charge is -2.22. The summed E-state index contributed by atoms with van der Waals surface area (Å²) in [4.78, 5) is 23.8. The molecule has 2 N–H and O–H groups in total. The number of amides is 2. The van der Waals surface area contributed by atoms with E-state index >= 15 is 0 Å². The van der Waals surface area contributed by atoms with Crippen molar-refractivity contribution in [3.63, 3.8) is 0 Å². The molecule has 0 spiro atoms. The fourth-order valence-electron chi connectivity index (χ4n) is 2.70. The van der Waals surface area contributed by atoms with Crippen LogP contribution in [0.4, 0.5) is 0 Å². The third-order valence-electron chi connectivity index (χ3n) is 3.94. The van der Waals surface area contributed by atoms with E-state index < -0.39 is 0 Å². The van der Waals surface area contributed by atoms with Gasteiger partial charge in [-0.3, -0.25) is 9.59 Å². The largest absolute Gasteiger partial charge is 0.497 e. The molecule has 5 heteroatoms. The lowest BCUT2D eigenvalue weighted by molar-refractivity contribution is -0.121. The Morgan fingerprint density at radius 2 is 2.00 bits per heavy atom. The highest BCUT2D eigenvalue weighted by Crippen LogP contribution is 2.17. The van der Waals surface area contributed by atoms with Crippen molar-refractivity contribution in [3.8, 4) is 5.75 Å². The minimum atomic E-state index is -0.190. The first kappa shape index (κ1) is 16.3. The summed E-state index contributed by atoms with van der Waals surface area (Å²) in [5.74, 6) is 0.463. The lowest BCUT2D eigenvalue weighted by atomic mass is 9.95. The first-order chi connectivity index (χ1) is 10.7. The van der Waals surface area contributed by atoms with Gasteiger partial charge in [0.15, 0.2) is 0 Å². The van der Waals surface area contributed by atoms with Crippen molar-refractivity contribution in [3.05, 3.63) is 29.8 Å². The van der Waals surface area contributed by atoms with Crippen LogP contribution in [0.5, 0.6) is 5.75 Å². The molecule has 0 saturated heterocycles. The van der Waals surface area contributed by atoms with E-state index in [-0.39, 0.29) is 11.8 Å².